The second kappa shape index (κ2) is 8.57. The van der Waals surface area contributed by atoms with Crippen LogP contribution >= 0.6 is 0 Å². The first-order chi connectivity index (χ1) is 13.7. The predicted molar refractivity (Wildman–Crippen MR) is 111 cm³/mol. The van der Waals surface area contributed by atoms with Gasteiger partial charge in [0.15, 0.2) is 10.7 Å². The number of sulfonamides is 1. The Labute approximate surface area is 172 Å². The maximum atomic E-state index is 13.5. The number of carbonyl (C=O) groups excluding carboxylic acids is 1. The van der Waals surface area contributed by atoms with Crippen LogP contribution in [0.15, 0.2) is 33.7 Å². The Kier molecular flexibility index (Phi) is 6.31. The van der Waals surface area contributed by atoms with Gasteiger partial charge in [0.05, 0.1) is 5.69 Å². The average molecular weight is 420 g/mol. The van der Waals surface area contributed by atoms with Gasteiger partial charge in [0.2, 0.25) is 5.91 Å². The summed E-state index contributed by atoms with van der Waals surface area (Å²) < 4.78 is 33.1. The lowest BCUT2D eigenvalue weighted by atomic mass is 9.86. The van der Waals surface area contributed by atoms with Crippen molar-refractivity contribution in [3.05, 3.63) is 41.3 Å². The van der Waals surface area contributed by atoms with Gasteiger partial charge in [-0.15, -0.1) is 0 Å². The highest BCUT2D eigenvalue weighted by atomic mass is 32.2. The molecule has 0 unspecified atom stereocenters. The van der Waals surface area contributed by atoms with Crippen LogP contribution in [0.4, 0.5) is 5.69 Å². The number of rotatable bonds is 6. The molecule has 1 aromatic heterocycles. The van der Waals surface area contributed by atoms with Crippen LogP contribution in [0.5, 0.6) is 0 Å². The number of anilines is 1. The highest BCUT2D eigenvalue weighted by molar-refractivity contribution is 7.93. The Bertz CT molecular complexity index is 947. The molecule has 2 aromatic rings. The van der Waals surface area contributed by atoms with Crippen LogP contribution in [0.3, 0.4) is 0 Å². The van der Waals surface area contributed by atoms with Gasteiger partial charge in [-0.2, -0.15) is 0 Å². The molecular weight excluding hydrogens is 390 g/mol. The van der Waals surface area contributed by atoms with Gasteiger partial charge < -0.3 is 9.84 Å². The number of hydrogen-bond donors (Lipinski definition) is 1. The molecule has 1 aliphatic carbocycles. The lowest BCUT2D eigenvalue weighted by Crippen LogP contribution is -2.47. The van der Waals surface area contributed by atoms with E-state index in [0.717, 1.165) is 29.1 Å². The van der Waals surface area contributed by atoms with E-state index in [0.29, 0.717) is 11.6 Å². The highest BCUT2D eigenvalue weighted by Crippen LogP contribution is 2.28. The number of amides is 1. The molecule has 1 fully saturated rings. The van der Waals surface area contributed by atoms with E-state index in [2.05, 4.69) is 17.4 Å². The number of aromatic nitrogens is 1. The SMILES string of the molecule is Cc1ccc(N(CC(=O)N[C@@H]2CCCC[C@@H]2C)S(=O)(=O)c2c(C)noc2C)cc1. The van der Waals surface area contributed by atoms with E-state index in [1.54, 1.807) is 26.0 Å². The molecule has 8 heteroatoms. The molecule has 1 N–H and O–H groups in total. The number of nitrogens with zero attached hydrogens (tertiary/aromatic N) is 2. The molecule has 1 amide bonds. The summed E-state index contributed by atoms with van der Waals surface area (Å²) >= 11 is 0. The Morgan fingerprint density at radius 3 is 2.41 bits per heavy atom. The van der Waals surface area contributed by atoms with Crippen molar-refractivity contribution in [1.29, 1.82) is 0 Å². The lowest BCUT2D eigenvalue weighted by Gasteiger charge is -2.31. The molecule has 29 heavy (non-hydrogen) atoms. The van der Waals surface area contributed by atoms with E-state index < -0.39 is 10.0 Å². The summed E-state index contributed by atoms with van der Waals surface area (Å²) in [7, 11) is -4.02. The van der Waals surface area contributed by atoms with Crippen LogP contribution in [-0.4, -0.2) is 32.1 Å². The first-order valence-electron chi connectivity index (χ1n) is 10.0. The van der Waals surface area contributed by atoms with Crippen LogP contribution in [0, 0.1) is 26.7 Å². The number of aryl methyl sites for hydroxylation is 3. The zero-order valence-electron chi connectivity index (χ0n) is 17.4. The zero-order chi connectivity index (χ0) is 21.2. The molecule has 0 saturated heterocycles. The molecule has 3 rings (SSSR count). The topological polar surface area (TPSA) is 92.5 Å². The number of carbonyl (C=O) groups is 1. The van der Waals surface area contributed by atoms with E-state index in [-0.39, 0.29) is 34.8 Å². The van der Waals surface area contributed by atoms with Gasteiger partial charge in [-0.3, -0.25) is 9.10 Å². The summed E-state index contributed by atoms with van der Waals surface area (Å²) in [5.41, 5.74) is 1.72. The molecule has 7 nitrogen and oxygen atoms in total. The summed E-state index contributed by atoms with van der Waals surface area (Å²) in [6.07, 6.45) is 4.25. The van der Waals surface area contributed by atoms with Crippen molar-refractivity contribution in [3.63, 3.8) is 0 Å². The average Bonchev–Trinajstić information content (AvgIpc) is 3.01. The fourth-order valence-corrected chi connectivity index (χ4v) is 5.61. The molecule has 2 atom stereocenters. The van der Waals surface area contributed by atoms with Crippen LogP contribution in [-0.2, 0) is 14.8 Å². The Morgan fingerprint density at radius 2 is 1.83 bits per heavy atom. The number of benzene rings is 1. The van der Waals surface area contributed by atoms with Gasteiger partial charge >= 0.3 is 0 Å². The standard InChI is InChI=1S/C21H29N3O4S/c1-14-9-11-18(12-10-14)24(29(26,27)21-16(3)23-28-17(21)4)13-20(25)22-19-8-6-5-7-15(19)2/h9-12,15,19H,5-8,13H2,1-4H3,(H,22,25)/t15-,19+/m0/s1. The summed E-state index contributed by atoms with van der Waals surface area (Å²) in [5.74, 6) is 0.292. The molecule has 0 aliphatic heterocycles. The van der Waals surface area contributed by atoms with Crippen LogP contribution in [0.1, 0.15) is 49.6 Å². The Hall–Kier alpha value is -2.35. The monoisotopic (exact) mass is 419 g/mol. The first kappa shape index (κ1) is 21.4. The summed E-state index contributed by atoms with van der Waals surface area (Å²) in [6, 6.07) is 7.15. The van der Waals surface area contributed by atoms with Gasteiger partial charge in [0.25, 0.3) is 10.0 Å². The van der Waals surface area contributed by atoms with Gasteiger partial charge in [0.1, 0.15) is 12.2 Å². The quantitative estimate of drug-likeness (QED) is 0.774. The zero-order valence-corrected chi connectivity index (χ0v) is 18.3. The third-order valence-corrected chi connectivity index (χ3v) is 7.60. The van der Waals surface area contributed by atoms with E-state index >= 15 is 0 Å². The van der Waals surface area contributed by atoms with Gasteiger partial charge in [-0.05, 0) is 51.7 Å². The molecule has 158 valence electrons. The summed E-state index contributed by atoms with van der Waals surface area (Å²) in [6.45, 7) is 6.90. The molecule has 1 aromatic carbocycles. The maximum absolute atomic E-state index is 13.5. The van der Waals surface area contributed by atoms with E-state index in [1.165, 1.54) is 6.42 Å². The first-order valence-corrected chi connectivity index (χ1v) is 11.5. The van der Waals surface area contributed by atoms with E-state index in [9.17, 15) is 13.2 Å². The van der Waals surface area contributed by atoms with Crippen molar-refractivity contribution in [2.75, 3.05) is 10.8 Å². The van der Waals surface area contributed by atoms with Gasteiger partial charge in [0, 0.05) is 6.04 Å². The minimum Gasteiger partial charge on any atom is -0.360 e. The van der Waals surface area contributed by atoms with Crippen LogP contribution in [0.25, 0.3) is 0 Å². The predicted octanol–water partition coefficient (Wildman–Crippen LogP) is 3.49. The minimum atomic E-state index is -4.02. The lowest BCUT2D eigenvalue weighted by molar-refractivity contribution is -0.120. The molecular formula is C21H29N3O4S. The normalized spacial score (nSPS) is 19.7. The highest BCUT2D eigenvalue weighted by Gasteiger charge is 2.33. The van der Waals surface area contributed by atoms with Crippen molar-refractivity contribution < 1.29 is 17.7 Å². The third-order valence-electron chi connectivity index (χ3n) is 5.58. The molecule has 1 heterocycles. The summed E-state index contributed by atoms with van der Waals surface area (Å²) in [5, 5.41) is 6.82. The minimum absolute atomic E-state index is 0.0110. The molecule has 1 saturated carbocycles. The second-order valence-corrected chi connectivity index (χ2v) is 9.74. The van der Waals surface area contributed by atoms with Gasteiger partial charge in [-0.1, -0.05) is 42.6 Å². The molecule has 0 radical (unpaired) electrons. The molecule has 1 aliphatic rings. The number of nitrogens with one attached hydrogen (secondary N) is 1. The molecule has 0 spiro atoms. The fourth-order valence-electron chi connectivity index (χ4n) is 3.89. The Morgan fingerprint density at radius 1 is 1.17 bits per heavy atom. The smallest absolute Gasteiger partial charge is 0.270 e. The van der Waals surface area contributed by atoms with Crippen LogP contribution in [0.2, 0.25) is 0 Å². The van der Waals surface area contributed by atoms with Crippen LogP contribution < -0.4 is 9.62 Å². The van der Waals surface area contributed by atoms with Gasteiger partial charge in [-0.25, -0.2) is 8.42 Å². The Balaban J connectivity index is 1.91. The summed E-state index contributed by atoms with van der Waals surface area (Å²) in [4.78, 5) is 12.8. The third kappa shape index (κ3) is 4.63. The number of hydrogen-bond acceptors (Lipinski definition) is 5. The van der Waals surface area contributed by atoms with Crippen molar-refractivity contribution >= 4 is 21.6 Å². The van der Waals surface area contributed by atoms with Crippen molar-refractivity contribution in [2.24, 2.45) is 5.92 Å². The van der Waals surface area contributed by atoms with Crippen molar-refractivity contribution in [1.82, 2.24) is 10.5 Å². The van der Waals surface area contributed by atoms with E-state index in [1.807, 2.05) is 19.1 Å². The fraction of sp³-hybridized carbons (Fsp3) is 0.524. The van der Waals surface area contributed by atoms with E-state index in [4.69, 9.17) is 4.52 Å². The maximum Gasteiger partial charge on any atom is 0.270 e. The largest absolute Gasteiger partial charge is 0.360 e. The van der Waals surface area contributed by atoms with Crippen molar-refractivity contribution in [3.8, 4) is 0 Å². The van der Waals surface area contributed by atoms with Crippen molar-refractivity contribution in [2.45, 2.75) is 64.3 Å². The molecule has 0 bridgehead atoms. The second-order valence-electron chi connectivity index (χ2n) is 7.94.